The SMILES string of the molecule is C=CC(=O)NOC(=O)C(=C)CCC. The summed E-state index contributed by atoms with van der Waals surface area (Å²) < 4.78 is 0. The zero-order valence-corrected chi connectivity index (χ0v) is 7.63. The Morgan fingerprint density at radius 2 is 2.15 bits per heavy atom. The van der Waals surface area contributed by atoms with Crippen molar-refractivity contribution in [2.75, 3.05) is 0 Å². The van der Waals surface area contributed by atoms with Crippen molar-refractivity contribution in [1.29, 1.82) is 0 Å². The van der Waals surface area contributed by atoms with E-state index >= 15 is 0 Å². The van der Waals surface area contributed by atoms with Crippen LogP contribution in [0.3, 0.4) is 0 Å². The fraction of sp³-hybridized carbons (Fsp3) is 0.333. The number of hydrogen-bond donors (Lipinski definition) is 1. The Morgan fingerprint density at radius 1 is 1.54 bits per heavy atom. The number of rotatable bonds is 4. The maximum atomic E-state index is 11.0. The number of hydrogen-bond acceptors (Lipinski definition) is 3. The lowest BCUT2D eigenvalue weighted by atomic mass is 10.2. The van der Waals surface area contributed by atoms with Gasteiger partial charge in [-0.15, -0.1) is 0 Å². The van der Waals surface area contributed by atoms with Gasteiger partial charge < -0.3 is 4.84 Å². The van der Waals surface area contributed by atoms with E-state index in [0.29, 0.717) is 12.0 Å². The maximum Gasteiger partial charge on any atom is 0.358 e. The van der Waals surface area contributed by atoms with Gasteiger partial charge in [0.25, 0.3) is 5.91 Å². The highest BCUT2D eigenvalue weighted by Gasteiger charge is 2.08. The van der Waals surface area contributed by atoms with Crippen LogP contribution in [0.4, 0.5) is 0 Å². The van der Waals surface area contributed by atoms with Crippen LogP contribution in [0.15, 0.2) is 24.8 Å². The first-order valence-corrected chi connectivity index (χ1v) is 3.93. The van der Waals surface area contributed by atoms with Gasteiger partial charge in [-0.1, -0.05) is 26.5 Å². The van der Waals surface area contributed by atoms with Crippen molar-refractivity contribution in [2.24, 2.45) is 0 Å². The first kappa shape index (κ1) is 11.4. The fourth-order valence-electron chi connectivity index (χ4n) is 0.614. The Balaban J connectivity index is 3.80. The van der Waals surface area contributed by atoms with Crippen molar-refractivity contribution in [1.82, 2.24) is 5.48 Å². The summed E-state index contributed by atoms with van der Waals surface area (Å²) in [6.45, 7) is 8.61. The summed E-state index contributed by atoms with van der Waals surface area (Å²) in [6.07, 6.45) is 2.38. The molecule has 1 amide bonds. The maximum absolute atomic E-state index is 11.0. The smallest absolute Gasteiger partial charge is 0.335 e. The second kappa shape index (κ2) is 5.99. The molecule has 0 saturated carbocycles. The largest absolute Gasteiger partial charge is 0.358 e. The molecule has 4 heteroatoms. The van der Waals surface area contributed by atoms with E-state index in [2.05, 4.69) is 18.0 Å². The molecule has 0 unspecified atom stereocenters. The summed E-state index contributed by atoms with van der Waals surface area (Å²) in [5, 5.41) is 0. The van der Waals surface area contributed by atoms with Gasteiger partial charge in [0.15, 0.2) is 0 Å². The summed E-state index contributed by atoms with van der Waals surface area (Å²) in [7, 11) is 0. The van der Waals surface area contributed by atoms with Crippen LogP contribution in [-0.4, -0.2) is 11.9 Å². The Hall–Kier alpha value is -1.58. The molecule has 0 spiro atoms. The van der Waals surface area contributed by atoms with Crippen molar-refractivity contribution >= 4 is 11.9 Å². The van der Waals surface area contributed by atoms with Crippen LogP contribution in [0.1, 0.15) is 19.8 Å². The van der Waals surface area contributed by atoms with E-state index in [1.807, 2.05) is 12.4 Å². The van der Waals surface area contributed by atoms with Gasteiger partial charge in [-0.2, -0.15) is 5.48 Å². The molecule has 72 valence electrons. The van der Waals surface area contributed by atoms with Crippen LogP contribution < -0.4 is 5.48 Å². The first-order chi connectivity index (χ1) is 6.11. The van der Waals surface area contributed by atoms with E-state index in [1.165, 1.54) is 0 Å². The predicted molar refractivity (Wildman–Crippen MR) is 48.5 cm³/mol. The number of carbonyl (C=O) groups excluding carboxylic acids is 2. The zero-order chi connectivity index (χ0) is 10.3. The van der Waals surface area contributed by atoms with E-state index < -0.39 is 11.9 Å². The summed E-state index contributed by atoms with van der Waals surface area (Å²) in [5.74, 6) is -1.17. The lowest BCUT2D eigenvalue weighted by Crippen LogP contribution is -2.25. The molecule has 0 saturated heterocycles. The Labute approximate surface area is 77.2 Å². The molecule has 0 aliphatic carbocycles. The molecule has 0 aromatic carbocycles. The lowest BCUT2D eigenvalue weighted by molar-refractivity contribution is -0.152. The lowest BCUT2D eigenvalue weighted by Gasteiger charge is -2.04. The fourth-order valence-corrected chi connectivity index (χ4v) is 0.614. The zero-order valence-electron chi connectivity index (χ0n) is 7.63. The minimum absolute atomic E-state index is 0.340. The quantitative estimate of drug-likeness (QED) is 0.524. The minimum Gasteiger partial charge on any atom is -0.335 e. The van der Waals surface area contributed by atoms with Crippen LogP contribution in [0.5, 0.6) is 0 Å². The van der Waals surface area contributed by atoms with E-state index in [9.17, 15) is 9.59 Å². The van der Waals surface area contributed by atoms with Gasteiger partial charge in [0.2, 0.25) is 0 Å². The molecule has 0 aromatic heterocycles. The molecule has 0 aromatic rings. The van der Waals surface area contributed by atoms with Gasteiger partial charge in [0.05, 0.1) is 0 Å². The first-order valence-electron chi connectivity index (χ1n) is 3.93. The Morgan fingerprint density at radius 3 is 2.62 bits per heavy atom. The third-order valence-corrected chi connectivity index (χ3v) is 1.27. The molecule has 0 atom stereocenters. The van der Waals surface area contributed by atoms with Crippen molar-refractivity contribution in [3.05, 3.63) is 24.8 Å². The van der Waals surface area contributed by atoms with Gasteiger partial charge >= 0.3 is 5.97 Å². The van der Waals surface area contributed by atoms with Crippen molar-refractivity contribution in [3.63, 3.8) is 0 Å². The molecule has 0 bridgehead atoms. The summed E-state index contributed by atoms with van der Waals surface area (Å²) in [6, 6.07) is 0. The van der Waals surface area contributed by atoms with Gasteiger partial charge in [0.1, 0.15) is 0 Å². The van der Waals surface area contributed by atoms with Crippen molar-refractivity contribution < 1.29 is 14.4 Å². The van der Waals surface area contributed by atoms with Gasteiger partial charge in [-0.3, -0.25) is 4.79 Å². The third kappa shape index (κ3) is 4.79. The molecule has 1 N–H and O–H groups in total. The second-order valence-electron chi connectivity index (χ2n) is 2.41. The topological polar surface area (TPSA) is 55.4 Å². The second-order valence-corrected chi connectivity index (χ2v) is 2.41. The van der Waals surface area contributed by atoms with Gasteiger partial charge in [-0.25, -0.2) is 4.79 Å². The Kier molecular flexibility index (Phi) is 5.27. The number of hydroxylamine groups is 1. The van der Waals surface area contributed by atoms with Crippen LogP contribution in [0.25, 0.3) is 0 Å². The highest BCUT2D eigenvalue weighted by molar-refractivity contribution is 5.91. The van der Waals surface area contributed by atoms with Crippen LogP contribution >= 0.6 is 0 Å². The van der Waals surface area contributed by atoms with Crippen LogP contribution in [0, 0.1) is 0 Å². The number of carbonyl (C=O) groups is 2. The molecular weight excluding hydrogens is 170 g/mol. The van der Waals surface area contributed by atoms with E-state index in [1.54, 1.807) is 0 Å². The third-order valence-electron chi connectivity index (χ3n) is 1.27. The molecular formula is C9H13NO3. The highest BCUT2D eigenvalue weighted by Crippen LogP contribution is 2.02. The summed E-state index contributed by atoms with van der Waals surface area (Å²) in [5.41, 5.74) is 2.24. The molecule has 13 heavy (non-hydrogen) atoms. The normalized spacial score (nSPS) is 8.69. The van der Waals surface area contributed by atoms with Crippen LogP contribution in [-0.2, 0) is 14.4 Å². The summed E-state index contributed by atoms with van der Waals surface area (Å²) in [4.78, 5) is 25.9. The number of nitrogens with one attached hydrogen (secondary N) is 1. The Bertz CT molecular complexity index is 233. The van der Waals surface area contributed by atoms with Crippen molar-refractivity contribution in [2.45, 2.75) is 19.8 Å². The van der Waals surface area contributed by atoms with Gasteiger partial charge in [-0.05, 0) is 12.5 Å². The average molecular weight is 183 g/mol. The molecule has 0 fully saturated rings. The molecule has 0 aliphatic rings. The average Bonchev–Trinajstić information content (AvgIpc) is 2.13. The molecule has 0 rings (SSSR count). The summed E-state index contributed by atoms with van der Waals surface area (Å²) >= 11 is 0. The molecule has 0 heterocycles. The van der Waals surface area contributed by atoms with E-state index in [-0.39, 0.29) is 0 Å². The van der Waals surface area contributed by atoms with Gasteiger partial charge in [0, 0.05) is 5.57 Å². The van der Waals surface area contributed by atoms with E-state index in [0.717, 1.165) is 12.5 Å². The predicted octanol–water partition coefficient (Wildman–Crippen LogP) is 1.10. The monoisotopic (exact) mass is 183 g/mol. The number of amides is 1. The van der Waals surface area contributed by atoms with Crippen LogP contribution in [0.2, 0.25) is 0 Å². The highest BCUT2D eigenvalue weighted by atomic mass is 16.7. The van der Waals surface area contributed by atoms with Crippen molar-refractivity contribution in [3.8, 4) is 0 Å². The molecule has 0 radical (unpaired) electrons. The molecule has 4 nitrogen and oxygen atoms in total. The minimum atomic E-state index is -0.614. The van der Waals surface area contributed by atoms with E-state index in [4.69, 9.17) is 0 Å². The standard InChI is InChI=1S/C9H13NO3/c1-4-6-7(3)9(12)13-10-8(11)5-2/h5H,2-4,6H2,1H3,(H,10,11). The molecule has 0 aliphatic heterocycles.